The van der Waals surface area contributed by atoms with Crippen LogP contribution in [-0.4, -0.2) is 0 Å². The lowest BCUT2D eigenvalue weighted by molar-refractivity contribution is 0.669. The number of furan rings is 1. The summed E-state index contributed by atoms with van der Waals surface area (Å²) >= 11 is 6.25. The van der Waals surface area contributed by atoms with Gasteiger partial charge >= 0.3 is 0 Å². The number of hydrogen-bond acceptors (Lipinski definition) is 2. The van der Waals surface area contributed by atoms with Crippen molar-refractivity contribution in [3.8, 4) is 11.1 Å². The van der Waals surface area contributed by atoms with Crippen LogP contribution in [0.2, 0.25) is 5.02 Å². The second kappa shape index (κ2) is 8.16. The van der Waals surface area contributed by atoms with Crippen LogP contribution in [0.25, 0.3) is 33.1 Å². The Hall–Kier alpha value is -4.01. The van der Waals surface area contributed by atoms with Gasteiger partial charge in [-0.25, -0.2) is 0 Å². The van der Waals surface area contributed by atoms with E-state index in [1.165, 1.54) is 0 Å². The van der Waals surface area contributed by atoms with Gasteiger partial charge in [0.1, 0.15) is 11.2 Å². The SMILES string of the molecule is Clc1ccc2c(c1)oc1cc(-c3ccccc3)c(N(c3ccccc3)c3ccccc3)cc12. The molecular weight excluding hydrogens is 426 g/mol. The zero-order valence-electron chi connectivity index (χ0n) is 17.8. The minimum absolute atomic E-state index is 0.667. The molecule has 33 heavy (non-hydrogen) atoms. The molecule has 0 radical (unpaired) electrons. The molecule has 0 saturated carbocycles. The number of halogens is 1. The molecule has 0 atom stereocenters. The quantitative estimate of drug-likeness (QED) is 0.268. The molecule has 0 saturated heterocycles. The lowest BCUT2D eigenvalue weighted by atomic mass is 9.99. The van der Waals surface area contributed by atoms with E-state index in [0.717, 1.165) is 50.1 Å². The summed E-state index contributed by atoms with van der Waals surface area (Å²) in [5.74, 6) is 0. The molecular formula is C30H20ClNO. The van der Waals surface area contributed by atoms with Crippen molar-refractivity contribution in [1.29, 1.82) is 0 Å². The van der Waals surface area contributed by atoms with Crippen LogP contribution in [0.1, 0.15) is 0 Å². The molecule has 6 aromatic rings. The van der Waals surface area contributed by atoms with E-state index in [1.807, 2.05) is 36.4 Å². The first kappa shape index (κ1) is 19.7. The molecule has 0 aliphatic rings. The van der Waals surface area contributed by atoms with E-state index in [2.05, 4.69) is 89.8 Å². The fourth-order valence-electron chi connectivity index (χ4n) is 4.40. The Bertz CT molecular complexity index is 1520. The van der Waals surface area contributed by atoms with E-state index in [9.17, 15) is 0 Å². The van der Waals surface area contributed by atoms with Gasteiger partial charge in [0.05, 0.1) is 5.69 Å². The molecule has 0 fully saturated rings. The van der Waals surface area contributed by atoms with Crippen LogP contribution in [0.4, 0.5) is 17.1 Å². The van der Waals surface area contributed by atoms with Gasteiger partial charge in [0.15, 0.2) is 0 Å². The molecule has 6 rings (SSSR count). The van der Waals surface area contributed by atoms with Gasteiger partial charge in [-0.05, 0) is 54.1 Å². The van der Waals surface area contributed by atoms with Gasteiger partial charge in [-0.2, -0.15) is 0 Å². The summed E-state index contributed by atoms with van der Waals surface area (Å²) in [4.78, 5) is 2.30. The molecule has 0 aliphatic heterocycles. The molecule has 1 heterocycles. The molecule has 0 spiro atoms. The standard InChI is InChI=1S/C30H20ClNO/c31-22-16-17-25-27-19-28(32(23-12-6-2-7-13-23)24-14-8-3-9-15-24)26(21-10-4-1-5-11-21)20-30(27)33-29(25)18-22/h1-20H. The third-order valence-corrected chi connectivity index (χ3v) is 6.14. The highest BCUT2D eigenvalue weighted by molar-refractivity contribution is 6.31. The number of hydrogen-bond donors (Lipinski definition) is 0. The van der Waals surface area contributed by atoms with E-state index in [4.69, 9.17) is 16.0 Å². The van der Waals surface area contributed by atoms with Gasteiger partial charge in [0.2, 0.25) is 0 Å². The van der Waals surface area contributed by atoms with Crippen LogP contribution in [-0.2, 0) is 0 Å². The summed E-state index contributed by atoms with van der Waals surface area (Å²) in [5.41, 5.74) is 7.14. The Morgan fingerprint density at radius 1 is 0.545 bits per heavy atom. The fourth-order valence-corrected chi connectivity index (χ4v) is 4.56. The molecule has 0 amide bonds. The summed E-state index contributed by atoms with van der Waals surface area (Å²) < 4.78 is 6.24. The Morgan fingerprint density at radius 3 is 1.76 bits per heavy atom. The Balaban J connectivity index is 1.70. The number of rotatable bonds is 4. The Kier molecular flexibility index (Phi) is 4.86. The van der Waals surface area contributed by atoms with Crippen molar-refractivity contribution >= 4 is 50.6 Å². The predicted octanol–water partition coefficient (Wildman–Crippen LogP) is 9.38. The molecule has 0 N–H and O–H groups in total. The first-order valence-electron chi connectivity index (χ1n) is 10.9. The maximum absolute atomic E-state index is 6.25. The van der Waals surface area contributed by atoms with Gasteiger partial charge in [-0.15, -0.1) is 0 Å². The highest BCUT2D eigenvalue weighted by Gasteiger charge is 2.20. The largest absolute Gasteiger partial charge is 0.456 e. The summed E-state index contributed by atoms with van der Waals surface area (Å²) in [7, 11) is 0. The van der Waals surface area contributed by atoms with Gasteiger partial charge in [0.25, 0.3) is 0 Å². The molecule has 5 aromatic carbocycles. The molecule has 158 valence electrons. The molecule has 1 aromatic heterocycles. The van der Waals surface area contributed by atoms with Crippen LogP contribution >= 0.6 is 11.6 Å². The van der Waals surface area contributed by atoms with E-state index in [0.29, 0.717) is 5.02 Å². The van der Waals surface area contributed by atoms with Crippen molar-refractivity contribution in [2.75, 3.05) is 4.90 Å². The molecule has 3 heteroatoms. The molecule has 0 bridgehead atoms. The minimum Gasteiger partial charge on any atom is -0.456 e. The second-order valence-corrected chi connectivity index (χ2v) is 8.42. The summed E-state index contributed by atoms with van der Waals surface area (Å²) in [5, 5.41) is 2.78. The number of anilines is 3. The van der Waals surface area contributed by atoms with Gasteiger partial charge in [-0.3, -0.25) is 0 Å². The highest BCUT2D eigenvalue weighted by atomic mass is 35.5. The molecule has 0 aliphatic carbocycles. The van der Waals surface area contributed by atoms with Crippen LogP contribution < -0.4 is 4.90 Å². The number of fused-ring (bicyclic) bond motifs is 3. The topological polar surface area (TPSA) is 16.4 Å². The third-order valence-electron chi connectivity index (χ3n) is 5.91. The van der Waals surface area contributed by atoms with Crippen LogP contribution in [0.5, 0.6) is 0 Å². The average Bonchev–Trinajstić information content (AvgIpc) is 3.22. The van der Waals surface area contributed by atoms with Crippen molar-refractivity contribution in [1.82, 2.24) is 0 Å². The molecule has 0 unspecified atom stereocenters. The summed E-state index contributed by atoms with van der Waals surface area (Å²) in [6.07, 6.45) is 0. The third kappa shape index (κ3) is 3.55. The van der Waals surface area contributed by atoms with Crippen LogP contribution in [0.3, 0.4) is 0 Å². The monoisotopic (exact) mass is 445 g/mol. The molecule has 2 nitrogen and oxygen atoms in total. The van der Waals surface area contributed by atoms with Gasteiger partial charge in [-0.1, -0.05) is 78.3 Å². The fraction of sp³-hybridized carbons (Fsp3) is 0. The Morgan fingerprint density at radius 2 is 1.12 bits per heavy atom. The second-order valence-electron chi connectivity index (χ2n) is 7.98. The highest BCUT2D eigenvalue weighted by Crippen LogP contribution is 2.44. The van der Waals surface area contributed by atoms with E-state index in [-0.39, 0.29) is 0 Å². The maximum Gasteiger partial charge on any atom is 0.136 e. The van der Waals surface area contributed by atoms with E-state index in [1.54, 1.807) is 0 Å². The number of benzene rings is 5. The zero-order valence-corrected chi connectivity index (χ0v) is 18.5. The zero-order chi connectivity index (χ0) is 22.2. The van der Waals surface area contributed by atoms with Crippen LogP contribution in [0, 0.1) is 0 Å². The lowest BCUT2D eigenvalue weighted by Gasteiger charge is -2.28. The maximum atomic E-state index is 6.25. The summed E-state index contributed by atoms with van der Waals surface area (Å²) in [6, 6.07) is 41.6. The van der Waals surface area contributed by atoms with Crippen molar-refractivity contribution in [2.45, 2.75) is 0 Å². The number of nitrogens with zero attached hydrogens (tertiary/aromatic N) is 1. The lowest BCUT2D eigenvalue weighted by Crippen LogP contribution is -2.11. The minimum atomic E-state index is 0.667. The summed E-state index contributed by atoms with van der Waals surface area (Å²) in [6.45, 7) is 0. The van der Waals surface area contributed by atoms with Crippen LogP contribution in [0.15, 0.2) is 126 Å². The average molecular weight is 446 g/mol. The van der Waals surface area contributed by atoms with E-state index < -0.39 is 0 Å². The Labute approximate surface area is 197 Å². The normalized spacial score (nSPS) is 11.2. The van der Waals surface area contributed by atoms with Gasteiger partial charge < -0.3 is 9.32 Å². The van der Waals surface area contributed by atoms with Crippen molar-refractivity contribution in [3.63, 3.8) is 0 Å². The number of para-hydroxylation sites is 2. The first-order valence-corrected chi connectivity index (χ1v) is 11.3. The van der Waals surface area contributed by atoms with Crippen molar-refractivity contribution in [3.05, 3.63) is 126 Å². The van der Waals surface area contributed by atoms with Gasteiger partial charge in [0, 0.05) is 38.8 Å². The predicted molar refractivity (Wildman–Crippen MR) is 139 cm³/mol. The smallest absolute Gasteiger partial charge is 0.136 e. The van der Waals surface area contributed by atoms with E-state index >= 15 is 0 Å². The first-order chi connectivity index (χ1) is 16.3. The van der Waals surface area contributed by atoms with Crippen molar-refractivity contribution < 1.29 is 4.42 Å². The van der Waals surface area contributed by atoms with Crippen molar-refractivity contribution in [2.24, 2.45) is 0 Å².